The van der Waals surface area contributed by atoms with E-state index in [-0.39, 0.29) is 31.2 Å². The summed E-state index contributed by atoms with van der Waals surface area (Å²) in [7, 11) is -7.84. The maximum atomic E-state index is 12.6. The molecule has 3 rings (SSSR count). The van der Waals surface area contributed by atoms with Crippen molar-refractivity contribution in [1.82, 2.24) is 0 Å². The summed E-state index contributed by atoms with van der Waals surface area (Å²) >= 11 is 18.9. The second kappa shape index (κ2) is 9.05. The van der Waals surface area contributed by atoms with E-state index in [9.17, 15) is 16.8 Å². The molecule has 0 bridgehead atoms. The molecule has 0 aliphatic carbocycles. The summed E-state index contributed by atoms with van der Waals surface area (Å²) in [5.41, 5.74) is 0.0207. The smallest absolute Gasteiger partial charge is 0.261 e. The number of rotatable bonds is 6. The summed E-state index contributed by atoms with van der Waals surface area (Å²) in [5.74, 6) is 0. The number of halogens is 4. The summed E-state index contributed by atoms with van der Waals surface area (Å²) in [6.07, 6.45) is 0. The largest absolute Gasteiger partial charge is 0.280 e. The minimum absolute atomic E-state index is 0.0119. The van der Waals surface area contributed by atoms with Gasteiger partial charge < -0.3 is 0 Å². The first kappa shape index (κ1) is 23.4. The van der Waals surface area contributed by atoms with E-state index in [1.165, 1.54) is 36.4 Å². The number of nitrogens with one attached hydrogen (secondary N) is 2. The van der Waals surface area contributed by atoms with Crippen molar-refractivity contribution in [1.29, 1.82) is 0 Å². The van der Waals surface area contributed by atoms with Crippen LogP contribution in [0.2, 0.25) is 10.0 Å². The topological polar surface area (TPSA) is 92.3 Å². The van der Waals surface area contributed by atoms with Crippen molar-refractivity contribution in [2.45, 2.75) is 9.79 Å². The van der Waals surface area contributed by atoms with Gasteiger partial charge in [-0.25, -0.2) is 16.8 Å². The highest BCUT2D eigenvalue weighted by atomic mass is 79.9. The van der Waals surface area contributed by atoms with E-state index in [0.717, 1.165) is 8.95 Å². The molecule has 0 fully saturated rings. The van der Waals surface area contributed by atoms with E-state index in [1.807, 2.05) is 0 Å². The van der Waals surface area contributed by atoms with Crippen LogP contribution >= 0.6 is 55.1 Å². The van der Waals surface area contributed by atoms with Crippen LogP contribution in [0, 0.1) is 0 Å². The van der Waals surface area contributed by atoms with Gasteiger partial charge in [0.1, 0.15) is 0 Å². The van der Waals surface area contributed by atoms with Crippen molar-refractivity contribution in [2.24, 2.45) is 0 Å². The molecule has 0 radical (unpaired) electrons. The number of hydrogen-bond donors (Lipinski definition) is 2. The Balaban J connectivity index is 1.88. The van der Waals surface area contributed by atoms with E-state index < -0.39 is 20.0 Å². The Bertz CT molecular complexity index is 1280. The molecule has 0 saturated heterocycles. The van der Waals surface area contributed by atoms with Crippen molar-refractivity contribution in [3.05, 3.63) is 79.7 Å². The van der Waals surface area contributed by atoms with Gasteiger partial charge in [0, 0.05) is 8.95 Å². The van der Waals surface area contributed by atoms with Crippen LogP contribution in [0.3, 0.4) is 0 Å². The van der Waals surface area contributed by atoms with Gasteiger partial charge in [0.2, 0.25) is 0 Å². The molecule has 0 atom stereocenters. The Labute approximate surface area is 201 Å². The lowest BCUT2D eigenvalue weighted by molar-refractivity contribution is 0.599. The van der Waals surface area contributed by atoms with E-state index in [1.54, 1.807) is 24.3 Å². The van der Waals surface area contributed by atoms with Crippen molar-refractivity contribution in [2.75, 3.05) is 9.44 Å². The SMILES string of the molecule is O=S(=O)(Nc1cc(Cl)c(NS(=O)(=O)c2ccc(Br)cc2)c(Cl)c1)c1ccc(Br)cc1. The van der Waals surface area contributed by atoms with Gasteiger partial charge >= 0.3 is 0 Å². The fourth-order valence-electron chi connectivity index (χ4n) is 2.36. The third-order valence-corrected chi connectivity index (χ3v) is 8.19. The van der Waals surface area contributed by atoms with Gasteiger partial charge in [0.25, 0.3) is 20.0 Å². The molecule has 0 spiro atoms. The summed E-state index contributed by atoms with van der Waals surface area (Å²) < 4.78 is 56.4. The van der Waals surface area contributed by atoms with Crippen LogP contribution in [0.5, 0.6) is 0 Å². The molecule has 12 heteroatoms. The third-order valence-electron chi connectivity index (χ3n) is 3.78. The first-order chi connectivity index (χ1) is 14.0. The van der Waals surface area contributed by atoms with Crippen LogP contribution in [-0.4, -0.2) is 16.8 Å². The highest BCUT2D eigenvalue weighted by Gasteiger charge is 2.20. The lowest BCUT2D eigenvalue weighted by atomic mass is 10.3. The van der Waals surface area contributed by atoms with Crippen LogP contribution in [0.1, 0.15) is 0 Å². The highest BCUT2D eigenvalue weighted by Crippen LogP contribution is 2.36. The summed E-state index contributed by atoms with van der Waals surface area (Å²) in [6.45, 7) is 0. The molecule has 0 amide bonds. The molecule has 0 unspecified atom stereocenters. The van der Waals surface area contributed by atoms with E-state index in [4.69, 9.17) is 23.2 Å². The van der Waals surface area contributed by atoms with Gasteiger partial charge in [-0.3, -0.25) is 9.44 Å². The van der Waals surface area contributed by atoms with Crippen LogP contribution < -0.4 is 9.44 Å². The lowest BCUT2D eigenvalue weighted by Gasteiger charge is -2.14. The highest BCUT2D eigenvalue weighted by molar-refractivity contribution is 9.10. The predicted molar refractivity (Wildman–Crippen MR) is 126 cm³/mol. The summed E-state index contributed by atoms with van der Waals surface area (Å²) in [6, 6.07) is 14.6. The fourth-order valence-corrected chi connectivity index (χ4v) is 5.73. The average molecular weight is 615 g/mol. The van der Waals surface area contributed by atoms with Gasteiger partial charge in [-0.05, 0) is 60.7 Å². The molecule has 30 heavy (non-hydrogen) atoms. The normalized spacial score (nSPS) is 11.9. The minimum Gasteiger partial charge on any atom is -0.280 e. The first-order valence-electron chi connectivity index (χ1n) is 8.04. The molecule has 0 saturated carbocycles. The lowest BCUT2D eigenvalue weighted by Crippen LogP contribution is -2.15. The number of anilines is 2. The quantitative estimate of drug-likeness (QED) is 0.350. The third kappa shape index (κ3) is 5.49. The van der Waals surface area contributed by atoms with Gasteiger partial charge in [-0.1, -0.05) is 55.1 Å². The molecule has 0 aliphatic heterocycles. The van der Waals surface area contributed by atoms with Crippen molar-refractivity contribution in [3.8, 4) is 0 Å². The van der Waals surface area contributed by atoms with E-state index in [0.29, 0.717) is 0 Å². The van der Waals surface area contributed by atoms with Gasteiger partial charge in [0.15, 0.2) is 0 Å². The summed E-state index contributed by atoms with van der Waals surface area (Å²) in [4.78, 5) is 0.0517. The molecular weight excluding hydrogens is 603 g/mol. The molecule has 0 heterocycles. The Morgan fingerprint density at radius 2 is 1.00 bits per heavy atom. The van der Waals surface area contributed by atoms with Crippen LogP contribution in [0.15, 0.2) is 79.4 Å². The molecular formula is C18H12Br2Cl2N2O4S2. The second-order valence-electron chi connectivity index (χ2n) is 5.93. The zero-order valence-electron chi connectivity index (χ0n) is 14.7. The van der Waals surface area contributed by atoms with Crippen molar-refractivity contribution < 1.29 is 16.8 Å². The molecule has 3 aromatic rings. The van der Waals surface area contributed by atoms with Crippen molar-refractivity contribution >= 4 is 86.5 Å². The molecule has 2 N–H and O–H groups in total. The van der Waals surface area contributed by atoms with Crippen molar-refractivity contribution in [3.63, 3.8) is 0 Å². The Kier molecular flexibility index (Phi) is 7.05. The molecule has 158 valence electrons. The first-order valence-corrected chi connectivity index (χ1v) is 13.3. The Hall–Kier alpha value is -1.30. The molecule has 0 aliphatic rings. The van der Waals surface area contributed by atoms with E-state index in [2.05, 4.69) is 41.3 Å². The monoisotopic (exact) mass is 612 g/mol. The maximum Gasteiger partial charge on any atom is 0.261 e. The zero-order chi connectivity index (χ0) is 22.1. The number of hydrogen-bond acceptors (Lipinski definition) is 4. The summed E-state index contributed by atoms with van der Waals surface area (Å²) in [5, 5.41) is -0.145. The molecule has 3 aromatic carbocycles. The second-order valence-corrected chi connectivity index (χ2v) is 11.9. The van der Waals surface area contributed by atoms with Gasteiger partial charge in [-0.2, -0.15) is 0 Å². The average Bonchev–Trinajstić information content (AvgIpc) is 2.65. The number of benzene rings is 3. The van der Waals surface area contributed by atoms with Gasteiger partial charge in [-0.15, -0.1) is 0 Å². The van der Waals surface area contributed by atoms with Crippen LogP contribution in [0.25, 0.3) is 0 Å². The Morgan fingerprint density at radius 1 is 0.633 bits per heavy atom. The molecule has 0 aromatic heterocycles. The molecule has 6 nitrogen and oxygen atoms in total. The Morgan fingerprint density at radius 3 is 1.40 bits per heavy atom. The predicted octanol–water partition coefficient (Wildman–Crippen LogP) is 6.12. The standard InChI is InChI=1S/C18H12Br2Cl2N2O4S2/c19-11-1-5-14(6-2-11)29(25,26)23-13-9-16(21)18(17(22)10-13)24-30(27,28)15-7-3-12(20)4-8-15/h1-10,23-24H. The van der Waals surface area contributed by atoms with Crippen LogP contribution in [0.4, 0.5) is 11.4 Å². The van der Waals surface area contributed by atoms with E-state index >= 15 is 0 Å². The maximum absolute atomic E-state index is 12.6. The van der Waals surface area contributed by atoms with Crippen LogP contribution in [-0.2, 0) is 20.0 Å². The minimum atomic E-state index is -3.95. The fraction of sp³-hybridized carbons (Fsp3) is 0. The number of sulfonamides is 2. The zero-order valence-corrected chi connectivity index (χ0v) is 21.1. The van der Waals surface area contributed by atoms with Gasteiger partial charge in [0.05, 0.1) is 31.2 Å².